The van der Waals surface area contributed by atoms with Gasteiger partial charge in [-0.2, -0.15) is 0 Å². The number of hydrogen-bond donors (Lipinski definition) is 1. The highest BCUT2D eigenvalue weighted by molar-refractivity contribution is 5.43. The molecule has 88 valence electrons. The maximum atomic E-state index is 5.80. The van der Waals surface area contributed by atoms with Crippen LogP contribution in [0.15, 0.2) is 30.9 Å². The minimum absolute atomic E-state index is 0.0141. The van der Waals surface area contributed by atoms with Gasteiger partial charge in [-0.1, -0.05) is 18.7 Å². The topological polar surface area (TPSA) is 44.5 Å². The molecule has 0 amide bonds. The van der Waals surface area contributed by atoms with Crippen molar-refractivity contribution in [1.82, 2.24) is 0 Å². The molecule has 0 saturated carbocycles. The van der Waals surface area contributed by atoms with Crippen LogP contribution in [0.3, 0.4) is 0 Å². The van der Waals surface area contributed by atoms with Crippen LogP contribution in [-0.2, 0) is 0 Å². The summed E-state index contributed by atoms with van der Waals surface area (Å²) >= 11 is 0. The van der Waals surface area contributed by atoms with Crippen LogP contribution in [0.25, 0.3) is 0 Å². The molecular weight excluding hydrogens is 202 g/mol. The third-order valence-corrected chi connectivity index (χ3v) is 2.36. The molecular formula is C13H19NO2. The third kappa shape index (κ3) is 3.00. The van der Waals surface area contributed by atoms with Crippen molar-refractivity contribution in [1.29, 1.82) is 0 Å². The standard InChI is InChI=1S/C13H19NO2/c1-5-9(2)16-12-7-6-11(10(3)14)8-13(12)15-4/h5-10H,1,14H2,2-4H3/t9?,10-/m1/s1. The first-order valence-corrected chi connectivity index (χ1v) is 5.31. The molecule has 1 rings (SSSR count). The first-order chi connectivity index (χ1) is 7.58. The van der Waals surface area contributed by atoms with Gasteiger partial charge < -0.3 is 15.2 Å². The van der Waals surface area contributed by atoms with E-state index in [2.05, 4.69) is 6.58 Å². The second kappa shape index (κ2) is 5.56. The van der Waals surface area contributed by atoms with Gasteiger partial charge in [0.25, 0.3) is 0 Å². The zero-order valence-electron chi connectivity index (χ0n) is 10.1. The molecule has 0 aliphatic rings. The fourth-order valence-electron chi connectivity index (χ4n) is 1.31. The van der Waals surface area contributed by atoms with E-state index in [0.717, 1.165) is 5.56 Å². The average Bonchev–Trinajstić information content (AvgIpc) is 2.29. The van der Waals surface area contributed by atoms with Gasteiger partial charge in [0, 0.05) is 6.04 Å². The zero-order valence-corrected chi connectivity index (χ0v) is 10.1. The molecule has 0 aliphatic heterocycles. The Morgan fingerprint density at radius 3 is 2.50 bits per heavy atom. The maximum absolute atomic E-state index is 5.80. The van der Waals surface area contributed by atoms with Crippen molar-refractivity contribution in [3.63, 3.8) is 0 Å². The molecule has 0 aliphatic carbocycles. The van der Waals surface area contributed by atoms with Crippen LogP contribution < -0.4 is 15.2 Å². The Bertz CT molecular complexity index is 361. The Morgan fingerprint density at radius 1 is 1.31 bits per heavy atom. The molecule has 2 atom stereocenters. The summed E-state index contributed by atoms with van der Waals surface area (Å²) in [6, 6.07) is 5.70. The van der Waals surface area contributed by atoms with Gasteiger partial charge in [-0.3, -0.25) is 0 Å². The quantitative estimate of drug-likeness (QED) is 0.777. The lowest BCUT2D eigenvalue weighted by Crippen LogP contribution is -2.09. The lowest BCUT2D eigenvalue weighted by Gasteiger charge is -2.15. The molecule has 0 saturated heterocycles. The van der Waals surface area contributed by atoms with Crippen LogP contribution in [0.1, 0.15) is 25.5 Å². The third-order valence-electron chi connectivity index (χ3n) is 2.36. The van der Waals surface area contributed by atoms with Crippen LogP contribution >= 0.6 is 0 Å². The minimum atomic E-state index is -0.0463. The molecule has 1 aromatic carbocycles. The second-order valence-corrected chi connectivity index (χ2v) is 3.76. The van der Waals surface area contributed by atoms with E-state index in [1.807, 2.05) is 32.0 Å². The fraction of sp³-hybridized carbons (Fsp3) is 0.385. The van der Waals surface area contributed by atoms with Crippen molar-refractivity contribution < 1.29 is 9.47 Å². The lowest BCUT2D eigenvalue weighted by molar-refractivity contribution is 0.254. The maximum Gasteiger partial charge on any atom is 0.162 e. The molecule has 3 heteroatoms. The van der Waals surface area contributed by atoms with E-state index in [4.69, 9.17) is 15.2 Å². The first kappa shape index (κ1) is 12.6. The largest absolute Gasteiger partial charge is 0.493 e. The van der Waals surface area contributed by atoms with Crippen molar-refractivity contribution in [3.8, 4) is 11.5 Å². The summed E-state index contributed by atoms with van der Waals surface area (Å²) < 4.78 is 10.9. The summed E-state index contributed by atoms with van der Waals surface area (Å²) in [6.07, 6.45) is 1.69. The Kier molecular flexibility index (Phi) is 4.38. The van der Waals surface area contributed by atoms with Gasteiger partial charge in [-0.05, 0) is 31.5 Å². The zero-order chi connectivity index (χ0) is 12.1. The van der Waals surface area contributed by atoms with Crippen molar-refractivity contribution in [2.24, 2.45) is 5.73 Å². The Balaban J connectivity index is 2.97. The summed E-state index contributed by atoms with van der Waals surface area (Å²) in [7, 11) is 1.62. The van der Waals surface area contributed by atoms with Crippen LogP contribution in [0.2, 0.25) is 0 Å². The average molecular weight is 221 g/mol. The van der Waals surface area contributed by atoms with Crippen molar-refractivity contribution in [2.75, 3.05) is 7.11 Å². The van der Waals surface area contributed by atoms with Crippen molar-refractivity contribution in [3.05, 3.63) is 36.4 Å². The molecule has 0 heterocycles. The number of methoxy groups -OCH3 is 1. The van der Waals surface area contributed by atoms with E-state index in [9.17, 15) is 0 Å². The summed E-state index contributed by atoms with van der Waals surface area (Å²) in [6.45, 7) is 7.53. The van der Waals surface area contributed by atoms with Gasteiger partial charge in [-0.15, -0.1) is 0 Å². The molecule has 0 aromatic heterocycles. The van der Waals surface area contributed by atoms with E-state index in [-0.39, 0.29) is 12.1 Å². The van der Waals surface area contributed by atoms with Crippen LogP contribution in [-0.4, -0.2) is 13.2 Å². The molecule has 3 nitrogen and oxygen atoms in total. The number of hydrogen-bond acceptors (Lipinski definition) is 3. The smallest absolute Gasteiger partial charge is 0.162 e. The second-order valence-electron chi connectivity index (χ2n) is 3.76. The Hall–Kier alpha value is -1.48. The van der Waals surface area contributed by atoms with E-state index in [1.165, 1.54) is 0 Å². The Morgan fingerprint density at radius 2 is 2.00 bits per heavy atom. The van der Waals surface area contributed by atoms with Gasteiger partial charge in [0.15, 0.2) is 11.5 Å². The van der Waals surface area contributed by atoms with Crippen LogP contribution in [0.4, 0.5) is 0 Å². The molecule has 0 radical (unpaired) electrons. The molecule has 1 unspecified atom stereocenters. The normalized spacial score (nSPS) is 14.0. The number of benzene rings is 1. The van der Waals surface area contributed by atoms with Crippen LogP contribution in [0, 0.1) is 0 Å². The highest BCUT2D eigenvalue weighted by Crippen LogP contribution is 2.30. The first-order valence-electron chi connectivity index (χ1n) is 5.31. The van der Waals surface area contributed by atoms with Gasteiger partial charge >= 0.3 is 0 Å². The van der Waals surface area contributed by atoms with E-state index in [1.54, 1.807) is 13.2 Å². The van der Waals surface area contributed by atoms with Gasteiger partial charge in [0.1, 0.15) is 6.10 Å². The fourth-order valence-corrected chi connectivity index (χ4v) is 1.31. The van der Waals surface area contributed by atoms with E-state index >= 15 is 0 Å². The van der Waals surface area contributed by atoms with Gasteiger partial charge in [0.05, 0.1) is 7.11 Å². The number of nitrogens with two attached hydrogens (primary N) is 1. The number of ether oxygens (including phenoxy) is 2. The van der Waals surface area contributed by atoms with Gasteiger partial charge in [-0.25, -0.2) is 0 Å². The predicted octanol–water partition coefficient (Wildman–Crippen LogP) is 2.67. The minimum Gasteiger partial charge on any atom is -0.493 e. The Labute approximate surface area is 96.9 Å². The highest BCUT2D eigenvalue weighted by atomic mass is 16.5. The molecule has 16 heavy (non-hydrogen) atoms. The summed E-state index contributed by atoms with van der Waals surface area (Å²) in [4.78, 5) is 0. The molecule has 0 spiro atoms. The summed E-state index contributed by atoms with van der Waals surface area (Å²) in [5.74, 6) is 1.41. The number of rotatable bonds is 5. The highest BCUT2D eigenvalue weighted by Gasteiger charge is 2.09. The SMILES string of the molecule is C=CC(C)Oc1ccc([C@@H](C)N)cc1OC. The molecule has 0 bridgehead atoms. The lowest BCUT2D eigenvalue weighted by atomic mass is 10.1. The molecule has 1 aromatic rings. The molecule has 0 fully saturated rings. The van der Waals surface area contributed by atoms with E-state index < -0.39 is 0 Å². The summed E-state index contributed by atoms with van der Waals surface area (Å²) in [5.41, 5.74) is 6.83. The van der Waals surface area contributed by atoms with E-state index in [0.29, 0.717) is 11.5 Å². The van der Waals surface area contributed by atoms with Crippen molar-refractivity contribution in [2.45, 2.75) is 26.0 Å². The predicted molar refractivity (Wildman–Crippen MR) is 65.9 cm³/mol. The molecule has 2 N–H and O–H groups in total. The summed E-state index contributed by atoms with van der Waals surface area (Å²) in [5, 5.41) is 0. The van der Waals surface area contributed by atoms with Gasteiger partial charge in [0.2, 0.25) is 0 Å². The van der Waals surface area contributed by atoms with Crippen molar-refractivity contribution >= 4 is 0 Å². The monoisotopic (exact) mass is 221 g/mol. The van der Waals surface area contributed by atoms with Crippen LogP contribution in [0.5, 0.6) is 11.5 Å².